The fraction of sp³-hybridized carbons (Fsp3) is 0.344. The van der Waals surface area contributed by atoms with Crippen LogP contribution in [0.3, 0.4) is 0 Å². The minimum Gasteiger partial charge on any atom is -0.392 e. The van der Waals surface area contributed by atoms with Crippen LogP contribution in [0.25, 0.3) is 16.7 Å². The molecule has 1 aromatic heterocycles. The van der Waals surface area contributed by atoms with Crippen LogP contribution >= 0.6 is 0 Å². The van der Waals surface area contributed by atoms with Gasteiger partial charge < -0.3 is 9.58 Å². The molecular formula is C32H39BN2O+. The van der Waals surface area contributed by atoms with Gasteiger partial charge in [-0.1, -0.05) is 76.2 Å². The molecule has 0 amide bonds. The Morgan fingerprint density at radius 3 is 1.89 bits per heavy atom. The number of hydrogen-bond donors (Lipinski definition) is 1. The van der Waals surface area contributed by atoms with Gasteiger partial charge in [0.25, 0.3) is 0 Å². The van der Waals surface area contributed by atoms with Crippen LogP contribution in [0.5, 0.6) is 0 Å². The topological polar surface area (TPSA) is 28.2 Å². The van der Waals surface area contributed by atoms with E-state index in [9.17, 15) is 5.11 Å². The molecule has 3 nitrogen and oxygen atoms in total. The van der Waals surface area contributed by atoms with Crippen molar-refractivity contribution in [2.75, 3.05) is 0 Å². The lowest BCUT2D eigenvalue weighted by molar-refractivity contribution is -0.315. The first kappa shape index (κ1) is 26.0. The molecule has 0 saturated carbocycles. The summed E-state index contributed by atoms with van der Waals surface area (Å²) in [5, 5.41) is 9.35. The minimum atomic E-state index is 0.0743. The zero-order valence-electron chi connectivity index (χ0n) is 23.2. The molecule has 0 spiro atoms. The number of aromatic nitrogens is 1. The first-order valence-corrected chi connectivity index (χ1v) is 13.3. The summed E-state index contributed by atoms with van der Waals surface area (Å²) >= 11 is 0. The molecular weight excluding hydrogens is 439 g/mol. The number of allylic oxidation sites excluding steroid dienone is 2. The summed E-state index contributed by atoms with van der Waals surface area (Å²) in [7, 11) is 2.30. The largest absolute Gasteiger partial charge is 0.699 e. The first-order chi connectivity index (χ1) is 17.4. The van der Waals surface area contributed by atoms with Gasteiger partial charge in [0.1, 0.15) is 0 Å². The van der Waals surface area contributed by atoms with Crippen LogP contribution in [0.2, 0.25) is 0 Å². The molecule has 0 atom stereocenters. The van der Waals surface area contributed by atoms with Crippen LogP contribution in [-0.2, 0) is 13.0 Å². The average Bonchev–Trinajstić information content (AvgIpc) is 3.32. The highest BCUT2D eigenvalue weighted by atomic mass is 16.3. The molecule has 3 aromatic rings. The molecule has 36 heavy (non-hydrogen) atoms. The van der Waals surface area contributed by atoms with Crippen molar-refractivity contribution in [3.8, 4) is 11.1 Å². The van der Waals surface area contributed by atoms with E-state index in [-0.39, 0.29) is 6.61 Å². The van der Waals surface area contributed by atoms with E-state index in [1.807, 2.05) is 26.0 Å². The Bertz CT molecular complexity index is 1380. The van der Waals surface area contributed by atoms with Gasteiger partial charge in [0, 0.05) is 23.8 Å². The number of nitrogens with zero attached hydrogens (tertiary/aromatic N) is 2. The highest BCUT2D eigenvalue weighted by Crippen LogP contribution is 2.42. The lowest BCUT2D eigenvalue weighted by atomic mass is 9.88. The second-order valence-electron chi connectivity index (χ2n) is 9.45. The third-order valence-electron chi connectivity index (χ3n) is 7.75. The maximum atomic E-state index is 9.35. The van der Waals surface area contributed by atoms with Crippen molar-refractivity contribution in [3.05, 3.63) is 99.0 Å². The van der Waals surface area contributed by atoms with E-state index in [4.69, 9.17) is 0 Å². The molecule has 0 bridgehead atoms. The van der Waals surface area contributed by atoms with Crippen molar-refractivity contribution in [2.24, 2.45) is 0 Å². The van der Waals surface area contributed by atoms with Crippen LogP contribution in [0, 0.1) is 13.8 Å². The molecule has 185 valence electrons. The first-order valence-electron chi connectivity index (χ1n) is 13.3. The number of aliphatic hydroxyl groups is 1. The molecule has 0 fully saturated rings. The van der Waals surface area contributed by atoms with E-state index >= 15 is 0 Å². The number of aliphatic hydroxyl groups excluding tert-OH is 1. The Kier molecular flexibility index (Phi) is 7.56. The molecule has 1 radical (unpaired) electrons. The van der Waals surface area contributed by atoms with Gasteiger partial charge >= 0.3 is 7.55 Å². The smallest absolute Gasteiger partial charge is 0.392 e. The molecule has 2 aliphatic rings. The van der Waals surface area contributed by atoms with Crippen molar-refractivity contribution in [3.63, 3.8) is 0 Å². The van der Waals surface area contributed by atoms with E-state index in [1.54, 1.807) is 0 Å². The minimum absolute atomic E-state index is 0.0743. The maximum Gasteiger partial charge on any atom is 0.699 e. The number of hydrogen-bond acceptors (Lipinski definition) is 1. The predicted molar refractivity (Wildman–Crippen MR) is 154 cm³/mol. The van der Waals surface area contributed by atoms with Gasteiger partial charge in [-0.2, -0.15) is 0 Å². The number of benzene rings is 2. The summed E-state index contributed by atoms with van der Waals surface area (Å²) in [6, 6.07) is 17.1. The average molecular weight is 478 g/mol. The Hall–Kier alpha value is -3.11. The fourth-order valence-corrected chi connectivity index (χ4v) is 5.90. The quantitative estimate of drug-likeness (QED) is 0.385. The Labute approximate surface area is 217 Å². The second kappa shape index (κ2) is 10.5. The molecule has 0 aliphatic carbocycles. The monoisotopic (exact) mass is 478 g/mol. The van der Waals surface area contributed by atoms with Crippen LogP contribution in [0.15, 0.2) is 65.4 Å². The molecule has 2 aliphatic heterocycles. The van der Waals surface area contributed by atoms with Gasteiger partial charge in [-0.25, -0.2) is 0 Å². The van der Waals surface area contributed by atoms with Gasteiger partial charge in [-0.15, -0.1) is 0 Å². The molecule has 5 rings (SSSR count). The summed E-state index contributed by atoms with van der Waals surface area (Å²) in [4.78, 5) is 0. The molecule has 2 aromatic carbocycles. The Balaban J connectivity index is 0.00000148. The zero-order chi connectivity index (χ0) is 26.1. The van der Waals surface area contributed by atoms with Crippen LogP contribution in [-0.4, -0.2) is 27.3 Å². The van der Waals surface area contributed by atoms with Crippen LogP contribution < -0.4 is 0 Å². The van der Waals surface area contributed by atoms with Crippen LogP contribution in [0.1, 0.15) is 81.6 Å². The standard InChI is InChI=1S/C30H33BN2O.C2H6/c1-7-26-18(3)29-28(25-15-13-24(14-16-25)23-11-9-22(17-34)10-12-23)30-19(4)27(8-2)21(6)33(30)31-32(29)20(26)5;1-2/h9-16,34H,7-8,17H2,1-6H3;1-2H3/q+1;. The molecule has 4 heteroatoms. The summed E-state index contributed by atoms with van der Waals surface area (Å²) in [5.74, 6) is 0. The second-order valence-corrected chi connectivity index (χ2v) is 9.45. The summed E-state index contributed by atoms with van der Waals surface area (Å²) < 4.78 is 4.81. The molecule has 1 N–H and O–H groups in total. The molecule has 3 heterocycles. The fourth-order valence-electron chi connectivity index (χ4n) is 5.90. The summed E-state index contributed by atoms with van der Waals surface area (Å²) in [6.45, 7) is 17.6. The van der Waals surface area contributed by atoms with Crippen molar-refractivity contribution < 1.29 is 9.59 Å². The number of rotatable bonds is 5. The zero-order valence-corrected chi connectivity index (χ0v) is 23.2. The van der Waals surface area contributed by atoms with Gasteiger partial charge in [0.15, 0.2) is 11.4 Å². The SMILES string of the molecule is CC.CCC1=C(C)C2=C(c3ccc(-c4ccc(CO)cc4)cc3)c3c(C)c(CC)c(C)n3[B][N+]2=C1C. The van der Waals surface area contributed by atoms with Crippen LogP contribution in [0.4, 0.5) is 0 Å². The highest BCUT2D eigenvalue weighted by Gasteiger charge is 2.43. The van der Waals surface area contributed by atoms with Crippen molar-refractivity contribution in [1.82, 2.24) is 4.48 Å². The summed E-state index contributed by atoms with van der Waals surface area (Å²) in [5.41, 5.74) is 16.8. The van der Waals surface area contributed by atoms with Gasteiger partial charge in [-0.3, -0.25) is 4.49 Å². The van der Waals surface area contributed by atoms with Crippen molar-refractivity contribution in [1.29, 1.82) is 0 Å². The molecule has 0 saturated heterocycles. The third kappa shape index (κ3) is 4.02. The third-order valence-corrected chi connectivity index (χ3v) is 7.75. The Morgan fingerprint density at radius 1 is 0.806 bits per heavy atom. The lowest BCUT2D eigenvalue weighted by Crippen LogP contribution is -2.32. The highest BCUT2D eigenvalue weighted by molar-refractivity contribution is 6.30. The molecule has 0 unspecified atom stereocenters. The Morgan fingerprint density at radius 2 is 1.36 bits per heavy atom. The van der Waals surface area contributed by atoms with E-state index in [0.29, 0.717) is 0 Å². The van der Waals surface area contributed by atoms with E-state index in [0.717, 1.165) is 24.0 Å². The van der Waals surface area contributed by atoms with Gasteiger partial charge in [-0.05, 0) is 67.0 Å². The van der Waals surface area contributed by atoms with E-state index in [2.05, 4.69) is 94.5 Å². The van der Waals surface area contributed by atoms with Gasteiger partial charge in [0.2, 0.25) is 0 Å². The maximum absolute atomic E-state index is 9.35. The van der Waals surface area contributed by atoms with Gasteiger partial charge in [0.05, 0.1) is 17.9 Å². The normalized spacial score (nSPS) is 14.5. The summed E-state index contributed by atoms with van der Waals surface area (Å²) in [6.07, 6.45) is 2.07. The van der Waals surface area contributed by atoms with Crippen molar-refractivity contribution >= 4 is 18.8 Å². The van der Waals surface area contributed by atoms with Crippen molar-refractivity contribution in [2.45, 2.75) is 74.8 Å². The number of fused-ring (bicyclic) bond motifs is 2. The predicted octanol–water partition coefficient (Wildman–Crippen LogP) is 7.22. The van der Waals surface area contributed by atoms with E-state index in [1.165, 1.54) is 61.8 Å². The lowest BCUT2D eigenvalue weighted by Gasteiger charge is -2.20. The van der Waals surface area contributed by atoms with E-state index < -0.39 is 0 Å².